The fourth-order valence-electron chi connectivity index (χ4n) is 2.11. The summed E-state index contributed by atoms with van der Waals surface area (Å²) in [5, 5.41) is 3.04. The molecule has 2 atom stereocenters. The lowest BCUT2D eigenvalue weighted by molar-refractivity contribution is 0.0602. The molecule has 0 spiro atoms. The normalized spacial score (nSPS) is 22.3. The van der Waals surface area contributed by atoms with Crippen molar-refractivity contribution in [3.05, 3.63) is 23.5 Å². The van der Waals surface area contributed by atoms with Crippen molar-refractivity contribution in [1.29, 1.82) is 0 Å². The van der Waals surface area contributed by atoms with E-state index in [9.17, 15) is 9.18 Å². The van der Waals surface area contributed by atoms with Crippen molar-refractivity contribution in [2.75, 3.05) is 24.8 Å². The van der Waals surface area contributed by atoms with Gasteiger partial charge >= 0.3 is 5.97 Å². The number of benzene rings is 1. The number of hydrogen-bond acceptors (Lipinski definition) is 5. The second-order valence-electron chi connectivity index (χ2n) is 4.53. The predicted octanol–water partition coefficient (Wildman–Crippen LogP) is 1.78. The molecular weight excluding hydrogens is 251 g/mol. The number of nitrogen functional groups attached to an aromatic ring is 1. The Balaban J connectivity index is 2.27. The van der Waals surface area contributed by atoms with Crippen LogP contribution in [0.3, 0.4) is 0 Å². The first-order valence-electron chi connectivity index (χ1n) is 6.08. The van der Waals surface area contributed by atoms with E-state index >= 15 is 0 Å². The number of halogens is 1. The van der Waals surface area contributed by atoms with Crippen molar-refractivity contribution >= 4 is 17.3 Å². The number of esters is 1. The molecule has 2 rings (SSSR count). The second-order valence-corrected chi connectivity index (χ2v) is 4.53. The van der Waals surface area contributed by atoms with Gasteiger partial charge in [-0.2, -0.15) is 0 Å². The molecule has 0 saturated carbocycles. The molecule has 0 aromatic heterocycles. The quantitative estimate of drug-likeness (QED) is 0.645. The van der Waals surface area contributed by atoms with Crippen molar-refractivity contribution in [2.45, 2.75) is 25.5 Å². The fraction of sp³-hybridized carbons (Fsp3) is 0.462. The van der Waals surface area contributed by atoms with Crippen LogP contribution in [-0.4, -0.2) is 31.8 Å². The average molecular weight is 268 g/mol. The molecule has 1 fully saturated rings. The number of rotatable bonds is 3. The lowest BCUT2D eigenvalue weighted by Crippen LogP contribution is -2.27. The summed E-state index contributed by atoms with van der Waals surface area (Å²) >= 11 is 0. The van der Waals surface area contributed by atoms with Crippen molar-refractivity contribution in [1.82, 2.24) is 0 Å². The van der Waals surface area contributed by atoms with Crippen molar-refractivity contribution in [3.63, 3.8) is 0 Å². The number of nitrogens with one attached hydrogen (secondary N) is 1. The lowest BCUT2D eigenvalue weighted by atomic mass is 10.1. The number of carbonyl (C=O) groups is 1. The van der Waals surface area contributed by atoms with Crippen molar-refractivity contribution < 1.29 is 18.7 Å². The molecule has 2 unspecified atom stereocenters. The summed E-state index contributed by atoms with van der Waals surface area (Å²) in [5.41, 5.74) is 6.05. The molecule has 0 bridgehead atoms. The largest absolute Gasteiger partial charge is 0.465 e. The van der Waals surface area contributed by atoms with Crippen LogP contribution in [0, 0.1) is 5.82 Å². The highest BCUT2D eigenvalue weighted by molar-refractivity contribution is 5.96. The predicted molar refractivity (Wildman–Crippen MR) is 69.6 cm³/mol. The Bertz CT molecular complexity index is 493. The van der Waals surface area contributed by atoms with Crippen LogP contribution in [0.2, 0.25) is 0 Å². The summed E-state index contributed by atoms with van der Waals surface area (Å²) in [4.78, 5) is 11.5. The molecule has 1 aliphatic heterocycles. The van der Waals surface area contributed by atoms with Gasteiger partial charge in [0, 0.05) is 12.3 Å². The Hall–Kier alpha value is -1.82. The van der Waals surface area contributed by atoms with Gasteiger partial charge in [0.2, 0.25) is 0 Å². The van der Waals surface area contributed by atoms with E-state index in [1.807, 2.05) is 6.92 Å². The minimum atomic E-state index is -0.587. The number of nitrogens with two attached hydrogens (primary N) is 1. The summed E-state index contributed by atoms with van der Waals surface area (Å²) in [6.07, 6.45) is 0.789. The van der Waals surface area contributed by atoms with Crippen LogP contribution in [0.1, 0.15) is 23.7 Å². The molecule has 0 aliphatic carbocycles. The van der Waals surface area contributed by atoms with Crippen LogP contribution in [0.15, 0.2) is 12.1 Å². The monoisotopic (exact) mass is 268 g/mol. The summed E-state index contributed by atoms with van der Waals surface area (Å²) in [6, 6.07) is 2.51. The molecule has 19 heavy (non-hydrogen) atoms. The first kappa shape index (κ1) is 13.6. The molecule has 104 valence electrons. The van der Waals surface area contributed by atoms with Gasteiger partial charge in [-0.15, -0.1) is 0 Å². The molecular formula is C13H17FN2O3. The first-order valence-corrected chi connectivity index (χ1v) is 6.08. The third-order valence-corrected chi connectivity index (χ3v) is 3.26. The van der Waals surface area contributed by atoms with E-state index in [1.165, 1.54) is 13.2 Å². The Kier molecular flexibility index (Phi) is 3.90. The number of methoxy groups -OCH3 is 1. The van der Waals surface area contributed by atoms with Crippen LogP contribution in [0.4, 0.5) is 15.8 Å². The maximum atomic E-state index is 13.8. The summed E-state index contributed by atoms with van der Waals surface area (Å²) in [7, 11) is 1.26. The Morgan fingerprint density at radius 1 is 1.58 bits per heavy atom. The van der Waals surface area contributed by atoms with Gasteiger partial charge in [0.1, 0.15) is 5.82 Å². The van der Waals surface area contributed by atoms with E-state index in [2.05, 4.69) is 10.1 Å². The fourth-order valence-corrected chi connectivity index (χ4v) is 2.11. The summed E-state index contributed by atoms with van der Waals surface area (Å²) in [5.74, 6) is -1.08. The van der Waals surface area contributed by atoms with E-state index in [0.717, 1.165) is 12.5 Å². The third kappa shape index (κ3) is 2.78. The van der Waals surface area contributed by atoms with Crippen LogP contribution in [0.5, 0.6) is 0 Å². The topological polar surface area (TPSA) is 73.6 Å². The number of carbonyl (C=O) groups excluding carboxylic acids is 1. The Morgan fingerprint density at radius 2 is 2.32 bits per heavy atom. The van der Waals surface area contributed by atoms with E-state index in [1.54, 1.807) is 0 Å². The zero-order chi connectivity index (χ0) is 14.0. The van der Waals surface area contributed by atoms with E-state index in [4.69, 9.17) is 10.5 Å². The molecule has 1 aromatic carbocycles. The van der Waals surface area contributed by atoms with Crippen LogP contribution >= 0.6 is 0 Å². The summed E-state index contributed by atoms with van der Waals surface area (Å²) < 4.78 is 23.9. The number of anilines is 2. The van der Waals surface area contributed by atoms with Gasteiger partial charge in [-0.3, -0.25) is 0 Å². The van der Waals surface area contributed by atoms with Gasteiger partial charge in [-0.1, -0.05) is 0 Å². The maximum Gasteiger partial charge on any atom is 0.340 e. The molecule has 5 nitrogen and oxygen atoms in total. The smallest absolute Gasteiger partial charge is 0.340 e. The maximum absolute atomic E-state index is 13.8. The molecule has 1 heterocycles. The Morgan fingerprint density at radius 3 is 2.89 bits per heavy atom. The number of hydrogen-bond donors (Lipinski definition) is 2. The molecule has 0 amide bonds. The Labute approximate surface area is 110 Å². The molecule has 1 aromatic rings. The highest BCUT2D eigenvalue weighted by atomic mass is 19.1. The minimum absolute atomic E-state index is 0.00136. The van der Waals surface area contributed by atoms with Gasteiger partial charge < -0.3 is 20.5 Å². The molecule has 6 heteroatoms. The van der Waals surface area contributed by atoms with Gasteiger partial charge in [-0.25, -0.2) is 9.18 Å². The zero-order valence-electron chi connectivity index (χ0n) is 10.9. The SMILES string of the molecule is COC(=O)c1cc(NC2CCOC2C)c(F)cc1N. The van der Waals surface area contributed by atoms with E-state index < -0.39 is 11.8 Å². The lowest BCUT2D eigenvalue weighted by Gasteiger charge is -2.18. The third-order valence-electron chi connectivity index (χ3n) is 3.26. The van der Waals surface area contributed by atoms with Gasteiger partial charge in [0.05, 0.1) is 30.5 Å². The molecule has 3 N–H and O–H groups in total. The minimum Gasteiger partial charge on any atom is -0.465 e. The molecule has 1 aliphatic rings. The van der Waals surface area contributed by atoms with E-state index in [-0.39, 0.29) is 29.1 Å². The summed E-state index contributed by atoms with van der Waals surface area (Å²) in [6.45, 7) is 2.56. The standard InChI is InChI=1S/C13H17FN2O3/c1-7-11(3-4-19-7)16-12-5-8(13(17)18-2)10(15)6-9(12)14/h5-7,11,16H,3-4,15H2,1-2H3. The molecule has 1 saturated heterocycles. The van der Waals surface area contributed by atoms with Crippen LogP contribution in [-0.2, 0) is 9.47 Å². The first-order chi connectivity index (χ1) is 9.02. The van der Waals surface area contributed by atoms with E-state index in [0.29, 0.717) is 6.61 Å². The number of ether oxygens (including phenoxy) is 2. The molecule has 0 radical (unpaired) electrons. The van der Waals surface area contributed by atoms with Crippen molar-refractivity contribution in [2.24, 2.45) is 0 Å². The van der Waals surface area contributed by atoms with Gasteiger partial charge in [-0.05, 0) is 25.5 Å². The van der Waals surface area contributed by atoms with Crippen LogP contribution < -0.4 is 11.1 Å². The van der Waals surface area contributed by atoms with Crippen LogP contribution in [0.25, 0.3) is 0 Å². The highest BCUT2D eigenvalue weighted by Crippen LogP contribution is 2.26. The van der Waals surface area contributed by atoms with Crippen molar-refractivity contribution in [3.8, 4) is 0 Å². The zero-order valence-corrected chi connectivity index (χ0v) is 10.9. The van der Waals surface area contributed by atoms with Gasteiger partial charge in [0.25, 0.3) is 0 Å². The van der Waals surface area contributed by atoms with Gasteiger partial charge in [0.15, 0.2) is 0 Å². The average Bonchev–Trinajstić information content (AvgIpc) is 2.77. The highest BCUT2D eigenvalue weighted by Gasteiger charge is 2.25. The second kappa shape index (κ2) is 5.44.